The number of guanidine groups is 1. The van der Waals surface area contributed by atoms with Crippen LogP contribution >= 0.6 is 24.0 Å². The number of pyridine rings is 1. The summed E-state index contributed by atoms with van der Waals surface area (Å²) in [6.07, 6.45) is 4.83. The number of nitrogens with one attached hydrogen (secondary N) is 3. The predicted octanol–water partition coefficient (Wildman–Crippen LogP) is 3.28. The first kappa shape index (κ1) is 22.3. The zero-order valence-corrected chi connectivity index (χ0v) is 19.4. The lowest BCUT2D eigenvalue weighted by Crippen LogP contribution is -2.40. The van der Waals surface area contributed by atoms with Gasteiger partial charge in [-0.1, -0.05) is 24.3 Å². The van der Waals surface area contributed by atoms with Crippen molar-refractivity contribution in [2.75, 3.05) is 25.5 Å². The lowest BCUT2D eigenvalue weighted by atomic mass is 9.90. The van der Waals surface area contributed by atoms with Crippen LogP contribution < -0.4 is 20.7 Å². The van der Waals surface area contributed by atoms with Gasteiger partial charge in [0.15, 0.2) is 5.96 Å². The number of carbonyl (C=O) groups excluding carboxylic acids is 1. The number of aromatic nitrogens is 1. The van der Waals surface area contributed by atoms with Crippen LogP contribution in [0.2, 0.25) is 0 Å². The Bertz CT molecular complexity index is 883. The smallest absolute Gasteiger partial charge is 0.225 e. The molecule has 1 atom stereocenters. The van der Waals surface area contributed by atoms with E-state index in [9.17, 15) is 4.79 Å². The first-order valence-corrected chi connectivity index (χ1v) is 10.1. The largest absolute Gasteiger partial charge is 0.477 e. The molecule has 1 aromatic heterocycles. The summed E-state index contributed by atoms with van der Waals surface area (Å²) in [6, 6.07) is 11.9. The van der Waals surface area contributed by atoms with E-state index in [0.29, 0.717) is 31.3 Å². The molecule has 0 spiro atoms. The van der Waals surface area contributed by atoms with Crippen molar-refractivity contribution in [2.45, 2.75) is 31.7 Å². The van der Waals surface area contributed by atoms with Crippen LogP contribution in [0.4, 0.5) is 5.69 Å². The second-order valence-electron chi connectivity index (χ2n) is 7.60. The van der Waals surface area contributed by atoms with Crippen LogP contribution in [0.5, 0.6) is 5.88 Å². The molecule has 1 unspecified atom stereocenters. The van der Waals surface area contributed by atoms with Gasteiger partial charge < -0.3 is 20.7 Å². The Hall–Kier alpha value is -2.36. The molecule has 1 fully saturated rings. The summed E-state index contributed by atoms with van der Waals surface area (Å²) in [5.41, 5.74) is 3.10. The number of carbonyl (C=O) groups is 1. The molecule has 1 aromatic carbocycles. The van der Waals surface area contributed by atoms with Crippen LogP contribution in [0, 0.1) is 5.92 Å². The van der Waals surface area contributed by atoms with Gasteiger partial charge in [0.25, 0.3) is 0 Å². The maximum atomic E-state index is 12.0. The van der Waals surface area contributed by atoms with Crippen molar-refractivity contribution in [3.63, 3.8) is 0 Å². The second kappa shape index (κ2) is 10.6. The number of nitrogens with zero attached hydrogens (tertiary/aromatic N) is 2. The zero-order chi connectivity index (χ0) is 20.1. The SMILES string of the molecule is CN=C(NCc1ccc(OCC2CC2)nc1)NCC1CC(=O)Nc2ccccc21.I. The number of para-hydroxylation sites is 1. The topological polar surface area (TPSA) is 87.6 Å². The monoisotopic (exact) mass is 521 g/mol. The summed E-state index contributed by atoms with van der Waals surface area (Å²) >= 11 is 0. The van der Waals surface area contributed by atoms with E-state index >= 15 is 0 Å². The summed E-state index contributed by atoms with van der Waals surface area (Å²) in [5.74, 6) is 2.26. The number of amides is 1. The van der Waals surface area contributed by atoms with Gasteiger partial charge in [-0.3, -0.25) is 9.79 Å². The molecule has 2 aromatic rings. The zero-order valence-electron chi connectivity index (χ0n) is 17.1. The van der Waals surface area contributed by atoms with Crippen LogP contribution in [-0.2, 0) is 11.3 Å². The van der Waals surface area contributed by atoms with Gasteiger partial charge in [0.1, 0.15) is 0 Å². The first-order chi connectivity index (χ1) is 14.2. The van der Waals surface area contributed by atoms with E-state index in [4.69, 9.17) is 4.74 Å². The molecule has 4 rings (SSSR count). The van der Waals surface area contributed by atoms with Crippen LogP contribution in [0.3, 0.4) is 0 Å². The number of hydrogen-bond donors (Lipinski definition) is 3. The van der Waals surface area contributed by atoms with Gasteiger partial charge in [-0.2, -0.15) is 0 Å². The summed E-state index contributed by atoms with van der Waals surface area (Å²) in [4.78, 5) is 20.6. The molecule has 2 heterocycles. The Labute approximate surface area is 194 Å². The summed E-state index contributed by atoms with van der Waals surface area (Å²) in [7, 11) is 1.74. The van der Waals surface area contributed by atoms with Crippen LogP contribution in [0.1, 0.15) is 36.3 Å². The average molecular weight is 521 g/mol. The third-order valence-electron chi connectivity index (χ3n) is 5.27. The normalized spacial score (nSPS) is 18.0. The van der Waals surface area contributed by atoms with Gasteiger partial charge in [-0.15, -0.1) is 24.0 Å². The predicted molar refractivity (Wildman–Crippen MR) is 129 cm³/mol. The van der Waals surface area contributed by atoms with Crippen LogP contribution in [-0.4, -0.2) is 37.1 Å². The highest BCUT2D eigenvalue weighted by Crippen LogP contribution is 2.31. The molecule has 0 radical (unpaired) electrons. The Balaban J connectivity index is 0.00000256. The number of benzene rings is 1. The van der Waals surface area contributed by atoms with Gasteiger partial charge in [0, 0.05) is 50.4 Å². The molecule has 7 nitrogen and oxygen atoms in total. The minimum Gasteiger partial charge on any atom is -0.477 e. The van der Waals surface area contributed by atoms with Crippen molar-refractivity contribution >= 4 is 41.5 Å². The van der Waals surface area contributed by atoms with Crippen molar-refractivity contribution < 1.29 is 9.53 Å². The van der Waals surface area contributed by atoms with Crippen molar-refractivity contribution in [1.82, 2.24) is 15.6 Å². The van der Waals surface area contributed by atoms with Crippen molar-refractivity contribution in [2.24, 2.45) is 10.9 Å². The van der Waals surface area contributed by atoms with Crippen LogP contribution in [0.15, 0.2) is 47.6 Å². The fourth-order valence-corrected chi connectivity index (χ4v) is 3.40. The third kappa shape index (κ3) is 6.07. The Morgan fingerprint density at radius 3 is 2.80 bits per heavy atom. The maximum absolute atomic E-state index is 12.0. The maximum Gasteiger partial charge on any atom is 0.225 e. The molecule has 30 heavy (non-hydrogen) atoms. The Morgan fingerprint density at radius 1 is 1.23 bits per heavy atom. The molecule has 1 aliphatic carbocycles. The van der Waals surface area contributed by atoms with E-state index in [1.807, 2.05) is 36.5 Å². The van der Waals surface area contributed by atoms with E-state index in [2.05, 4.69) is 32.0 Å². The number of ether oxygens (including phenoxy) is 1. The number of fused-ring (bicyclic) bond motifs is 1. The van der Waals surface area contributed by atoms with Gasteiger partial charge >= 0.3 is 0 Å². The van der Waals surface area contributed by atoms with Crippen LogP contribution in [0.25, 0.3) is 0 Å². The van der Waals surface area contributed by atoms with E-state index in [0.717, 1.165) is 29.3 Å². The highest BCUT2D eigenvalue weighted by Gasteiger charge is 2.24. The van der Waals surface area contributed by atoms with Gasteiger partial charge in [0.05, 0.1) is 6.61 Å². The van der Waals surface area contributed by atoms with E-state index in [1.165, 1.54) is 12.8 Å². The Morgan fingerprint density at radius 2 is 2.07 bits per heavy atom. The number of rotatable bonds is 7. The highest BCUT2D eigenvalue weighted by atomic mass is 127. The summed E-state index contributed by atoms with van der Waals surface area (Å²) < 4.78 is 5.67. The third-order valence-corrected chi connectivity index (χ3v) is 5.27. The average Bonchev–Trinajstić information content (AvgIpc) is 3.57. The number of halogens is 1. The second-order valence-corrected chi connectivity index (χ2v) is 7.60. The fourth-order valence-electron chi connectivity index (χ4n) is 3.40. The van der Waals surface area contributed by atoms with Gasteiger partial charge in [-0.25, -0.2) is 4.98 Å². The molecule has 160 valence electrons. The molecule has 3 N–H and O–H groups in total. The number of hydrogen-bond acceptors (Lipinski definition) is 4. The van der Waals surface area contributed by atoms with Gasteiger partial charge in [-0.05, 0) is 36.0 Å². The molecule has 1 aliphatic heterocycles. The molecular weight excluding hydrogens is 493 g/mol. The lowest BCUT2D eigenvalue weighted by Gasteiger charge is -2.26. The minimum atomic E-state index is 0. The number of aliphatic imine (C=N–C) groups is 1. The standard InChI is InChI=1S/C22H27N5O2.HI/c1-23-22(25-12-16-8-9-21(24-11-16)29-14-15-6-7-15)26-13-17-10-20(28)27-19-5-3-2-4-18(17)19;/h2-5,8-9,11,15,17H,6-7,10,12-14H2,1H3,(H,27,28)(H2,23,25,26);1H. The first-order valence-electron chi connectivity index (χ1n) is 10.1. The quantitative estimate of drug-likeness (QED) is 0.296. The van der Waals surface area contributed by atoms with Crippen molar-refractivity contribution in [1.29, 1.82) is 0 Å². The molecule has 0 bridgehead atoms. The van der Waals surface area contributed by atoms with E-state index < -0.39 is 0 Å². The fraction of sp³-hybridized carbons (Fsp3) is 0.409. The number of anilines is 1. The summed E-state index contributed by atoms with van der Waals surface area (Å²) in [5, 5.41) is 9.56. The highest BCUT2D eigenvalue weighted by molar-refractivity contribution is 14.0. The van der Waals surface area contributed by atoms with Gasteiger partial charge in [0.2, 0.25) is 11.8 Å². The molecule has 0 saturated heterocycles. The molecular formula is C22H28IN5O2. The molecule has 1 amide bonds. The summed E-state index contributed by atoms with van der Waals surface area (Å²) in [6.45, 7) is 2.01. The molecule has 2 aliphatic rings. The van der Waals surface area contributed by atoms with Crippen molar-refractivity contribution in [3.8, 4) is 5.88 Å². The van der Waals surface area contributed by atoms with E-state index in [1.54, 1.807) is 7.05 Å². The minimum absolute atomic E-state index is 0. The molecule has 8 heteroatoms. The Kier molecular flexibility index (Phi) is 7.89. The van der Waals surface area contributed by atoms with Crippen molar-refractivity contribution in [3.05, 3.63) is 53.7 Å². The lowest BCUT2D eigenvalue weighted by molar-refractivity contribution is -0.116. The van der Waals surface area contributed by atoms with E-state index in [-0.39, 0.29) is 35.8 Å². The molecule has 1 saturated carbocycles.